The SMILES string of the molecule is O=C(O)CCC1CCC(NC(=O)[N+]2(C3CCNCC3)CCCCC2)CC1. The summed E-state index contributed by atoms with van der Waals surface area (Å²) in [5.41, 5.74) is 0. The molecule has 1 saturated carbocycles. The number of likely N-dealkylation sites (tertiary alicyclic amines) is 1. The summed E-state index contributed by atoms with van der Waals surface area (Å²) in [6.07, 6.45) is 11.0. The van der Waals surface area contributed by atoms with Crippen molar-refractivity contribution in [2.45, 2.75) is 82.7 Å². The third kappa shape index (κ3) is 4.77. The summed E-state index contributed by atoms with van der Waals surface area (Å²) in [6.45, 7) is 4.08. The second-order valence-electron chi connectivity index (χ2n) is 8.62. The highest BCUT2D eigenvalue weighted by atomic mass is 16.4. The van der Waals surface area contributed by atoms with E-state index >= 15 is 0 Å². The van der Waals surface area contributed by atoms with E-state index in [1.165, 1.54) is 19.3 Å². The van der Waals surface area contributed by atoms with Gasteiger partial charge < -0.3 is 15.7 Å². The normalized spacial score (nSPS) is 29.8. The van der Waals surface area contributed by atoms with Crippen LogP contribution in [0.15, 0.2) is 0 Å². The molecule has 0 atom stereocenters. The Hall–Kier alpha value is -1.14. The van der Waals surface area contributed by atoms with Crippen LogP contribution in [0.3, 0.4) is 0 Å². The van der Waals surface area contributed by atoms with Crippen LogP contribution in [-0.4, -0.2) is 59.9 Å². The Labute approximate surface area is 157 Å². The van der Waals surface area contributed by atoms with Gasteiger partial charge in [0.15, 0.2) is 0 Å². The van der Waals surface area contributed by atoms with Crippen molar-refractivity contribution in [1.82, 2.24) is 10.6 Å². The Bertz CT molecular complexity index is 477. The van der Waals surface area contributed by atoms with Crippen molar-refractivity contribution in [3.63, 3.8) is 0 Å². The summed E-state index contributed by atoms with van der Waals surface area (Å²) in [5, 5.41) is 15.7. The summed E-state index contributed by atoms with van der Waals surface area (Å²) < 4.78 is 0.667. The van der Waals surface area contributed by atoms with Gasteiger partial charge in [-0.3, -0.25) is 4.79 Å². The first-order valence-electron chi connectivity index (χ1n) is 10.7. The van der Waals surface area contributed by atoms with E-state index in [-0.39, 0.29) is 18.5 Å². The van der Waals surface area contributed by atoms with Gasteiger partial charge in [-0.1, -0.05) is 0 Å². The predicted molar refractivity (Wildman–Crippen MR) is 101 cm³/mol. The van der Waals surface area contributed by atoms with Gasteiger partial charge in [-0.05, 0) is 57.3 Å². The van der Waals surface area contributed by atoms with Gasteiger partial charge in [-0.2, -0.15) is 0 Å². The number of carboxylic acid groups (broad SMARTS) is 1. The van der Waals surface area contributed by atoms with Gasteiger partial charge in [0, 0.05) is 38.4 Å². The molecule has 0 radical (unpaired) electrons. The van der Waals surface area contributed by atoms with Gasteiger partial charge in [0.25, 0.3) is 0 Å². The first-order chi connectivity index (χ1) is 12.6. The van der Waals surface area contributed by atoms with Crippen LogP contribution in [0.2, 0.25) is 0 Å². The van der Waals surface area contributed by atoms with Crippen molar-refractivity contribution in [2.75, 3.05) is 26.2 Å². The third-order valence-electron chi connectivity index (χ3n) is 6.97. The average molecular weight is 367 g/mol. The number of hydrogen-bond acceptors (Lipinski definition) is 3. The molecule has 2 amide bonds. The van der Waals surface area contributed by atoms with Crippen LogP contribution >= 0.6 is 0 Å². The number of carboxylic acids is 1. The van der Waals surface area contributed by atoms with E-state index in [2.05, 4.69) is 10.6 Å². The van der Waals surface area contributed by atoms with Gasteiger partial charge in [0.1, 0.15) is 0 Å². The van der Waals surface area contributed by atoms with Crippen LogP contribution in [0.4, 0.5) is 4.79 Å². The summed E-state index contributed by atoms with van der Waals surface area (Å²) in [6, 6.07) is 1.02. The molecule has 148 valence electrons. The molecule has 3 aliphatic rings. The molecule has 1 aliphatic carbocycles. The van der Waals surface area contributed by atoms with E-state index in [9.17, 15) is 9.59 Å². The van der Waals surface area contributed by atoms with Crippen molar-refractivity contribution in [3.8, 4) is 0 Å². The summed E-state index contributed by atoms with van der Waals surface area (Å²) in [5.74, 6) is -0.180. The molecule has 0 aromatic carbocycles. The largest absolute Gasteiger partial charge is 0.481 e. The van der Waals surface area contributed by atoms with E-state index in [1.807, 2.05) is 0 Å². The topological polar surface area (TPSA) is 78.4 Å². The molecular weight excluding hydrogens is 330 g/mol. The maximum Gasteiger partial charge on any atom is 0.417 e. The summed E-state index contributed by atoms with van der Waals surface area (Å²) >= 11 is 0. The van der Waals surface area contributed by atoms with E-state index in [1.54, 1.807) is 0 Å². The van der Waals surface area contributed by atoms with Gasteiger partial charge in [0.05, 0.1) is 19.1 Å². The number of nitrogens with zero attached hydrogens (tertiary/aromatic N) is 1. The number of hydrogen-bond donors (Lipinski definition) is 3. The number of piperidine rings is 2. The highest BCUT2D eigenvalue weighted by molar-refractivity contribution is 5.68. The molecular formula is C20H36N3O3+. The Balaban J connectivity index is 1.54. The molecule has 26 heavy (non-hydrogen) atoms. The molecule has 2 heterocycles. The summed E-state index contributed by atoms with van der Waals surface area (Å²) in [7, 11) is 0. The quantitative estimate of drug-likeness (QED) is 0.654. The van der Waals surface area contributed by atoms with Gasteiger partial charge in [0.2, 0.25) is 0 Å². The Morgan fingerprint density at radius 1 is 0.962 bits per heavy atom. The number of aliphatic carboxylic acids is 1. The Morgan fingerprint density at radius 3 is 2.23 bits per heavy atom. The minimum atomic E-state index is -0.695. The molecule has 0 unspecified atom stereocenters. The van der Waals surface area contributed by atoms with Crippen molar-refractivity contribution >= 4 is 12.0 Å². The maximum atomic E-state index is 13.3. The van der Waals surface area contributed by atoms with Crippen LogP contribution in [0.25, 0.3) is 0 Å². The standard InChI is InChI=1S/C20H35N3O3/c24-19(25)9-6-16-4-7-17(8-5-16)22-20(26)23(14-2-1-3-15-23)18-10-12-21-13-11-18/h16-18,21H,1-15H2,(H-,22,24,25,26)/p+1. The Kier molecular flexibility index (Phi) is 6.92. The van der Waals surface area contributed by atoms with Crippen molar-refractivity contribution in [2.24, 2.45) is 5.92 Å². The molecule has 0 bridgehead atoms. The zero-order chi connectivity index (χ0) is 18.4. The zero-order valence-corrected chi connectivity index (χ0v) is 16.0. The van der Waals surface area contributed by atoms with E-state index in [4.69, 9.17) is 5.11 Å². The number of amides is 2. The van der Waals surface area contributed by atoms with Gasteiger partial charge in [-0.15, -0.1) is 0 Å². The first kappa shape index (κ1) is 19.6. The molecule has 0 aromatic heterocycles. The highest BCUT2D eigenvalue weighted by Crippen LogP contribution is 2.31. The summed E-state index contributed by atoms with van der Waals surface area (Å²) in [4.78, 5) is 24.1. The fraction of sp³-hybridized carbons (Fsp3) is 0.900. The number of carbonyl (C=O) groups is 2. The Morgan fingerprint density at radius 2 is 1.62 bits per heavy atom. The molecule has 0 spiro atoms. The maximum absolute atomic E-state index is 13.3. The minimum absolute atomic E-state index is 0.269. The lowest BCUT2D eigenvalue weighted by atomic mass is 9.83. The van der Waals surface area contributed by atoms with Crippen LogP contribution in [-0.2, 0) is 4.79 Å². The molecule has 3 N–H and O–H groups in total. The number of rotatable bonds is 5. The molecule has 3 fully saturated rings. The van der Waals surface area contributed by atoms with Crippen LogP contribution in [0.5, 0.6) is 0 Å². The lowest BCUT2D eigenvalue weighted by Crippen LogP contribution is -2.67. The number of carbonyl (C=O) groups excluding carboxylic acids is 1. The average Bonchev–Trinajstić information content (AvgIpc) is 2.68. The predicted octanol–water partition coefficient (Wildman–Crippen LogP) is 2.87. The number of urea groups is 1. The molecule has 0 aromatic rings. The molecule has 6 nitrogen and oxygen atoms in total. The van der Waals surface area contributed by atoms with E-state index < -0.39 is 5.97 Å². The van der Waals surface area contributed by atoms with Crippen molar-refractivity contribution < 1.29 is 19.2 Å². The van der Waals surface area contributed by atoms with Gasteiger partial charge >= 0.3 is 12.0 Å². The smallest absolute Gasteiger partial charge is 0.417 e. The monoisotopic (exact) mass is 366 g/mol. The fourth-order valence-electron chi connectivity index (χ4n) is 5.34. The molecule has 3 rings (SSSR count). The molecule has 2 aliphatic heterocycles. The van der Waals surface area contributed by atoms with E-state index in [0.717, 1.165) is 71.1 Å². The number of quaternary nitrogens is 1. The second-order valence-corrected chi connectivity index (χ2v) is 8.62. The zero-order valence-electron chi connectivity index (χ0n) is 16.0. The molecule has 2 saturated heterocycles. The molecule has 6 heteroatoms. The minimum Gasteiger partial charge on any atom is -0.481 e. The lowest BCUT2D eigenvalue weighted by Gasteiger charge is -2.46. The third-order valence-corrected chi connectivity index (χ3v) is 6.97. The van der Waals surface area contributed by atoms with Crippen LogP contribution in [0.1, 0.15) is 70.6 Å². The van der Waals surface area contributed by atoms with Crippen molar-refractivity contribution in [1.29, 1.82) is 0 Å². The van der Waals surface area contributed by atoms with Crippen LogP contribution in [0, 0.1) is 5.92 Å². The van der Waals surface area contributed by atoms with Crippen LogP contribution < -0.4 is 10.6 Å². The van der Waals surface area contributed by atoms with Crippen molar-refractivity contribution in [3.05, 3.63) is 0 Å². The fourth-order valence-corrected chi connectivity index (χ4v) is 5.34. The number of nitrogens with one attached hydrogen (secondary N) is 2. The van der Waals surface area contributed by atoms with Gasteiger partial charge in [-0.25, -0.2) is 9.28 Å². The second kappa shape index (κ2) is 9.18. The lowest BCUT2D eigenvalue weighted by molar-refractivity contribution is -0.882. The highest BCUT2D eigenvalue weighted by Gasteiger charge is 2.46. The first-order valence-corrected chi connectivity index (χ1v) is 10.7. The van der Waals surface area contributed by atoms with E-state index in [0.29, 0.717) is 16.4 Å².